The minimum atomic E-state index is -0.445. The summed E-state index contributed by atoms with van der Waals surface area (Å²) < 4.78 is 0. The van der Waals surface area contributed by atoms with Gasteiger partial charge in [-0.15, -0.1) is 0 Å². The topological polar surface area (TPSA) is 88.0 Å². The Hall–Kier alpha value is -3.15. The summed E-state index contributed by atoms with van der Waals surface area (Å²) >= 11 is 0. The largest absolute Gasteiger partial charge is 0.381 e. The van der Waals surface area contributed by atoms with Crippen molar-refractivity contribution in [3.8, 4) is 0 Å². The normalized spacial score (nSPS) is 10.7. The number of nitrogens with zero attached hydrogens (tertiary/aromatic N) is 1. The molecule has 6 heteroatoms. The van der Waals surface area contributed by atoms with Gasteiger partial charge in [-0.3, -0.25) is 14.9 Å². The van der Waals surface area contributed by atoms with Gasteiger partial charge in [-0.2, -0.15) is 0 Å². The molecule has 0 aliphatic heterocycles. The molecule has 0 bridgehead atoms. The van der Waals surface area contributed by atoms with Crippen molar-refractivity contribution in [1.29, 1.82) is 0 Å². The molecule has 3 rings (SSSR count). The van der Waals surface area contributed by atoms with Crippen LogP contribution in [0.5, 0.6) is 0 Å². The number of hydrogen-bond donors (Lipinski definition) is 2. The molecule has 23 heavy (non-hydrogen) atoms. The van der Waals surface area contributed by atoms with Crippen LogP contribution in [0.1, 0.15) is 11.1 Å². The number of hydrogen-bond acceptors (Lipinski definition) is 4. The summed E-state index contributed by atoms with van der Waals surface area (Å²) in [6.07, 6.45) is 0. The van der Waals surface area contributed by atoms with E-state index in [1.807, 2.05) is 31.2 Å². The SMILES string of the molecule is Cc1ccc2cc(CNc3ccc([N+](=O)[O-])cc3)c(=O)[nH]c2c1. The van der Waals surface area contributed by atoms with Gasteiger partial charge in [0.05, 0.1) is 4.92 Å². The van der Waals surface area contributed by atoms with E-state index in [4.69, 9.17) is 0 Å². The first kappa shape index (κ1) is 14.8. The zero-order valence-corrected chi connectivity index (χ0v) is 12.5. The molecule has 0 radical (unpaired) electrons. The second kappa shape index (κ2) is 5.92. The molecule has 0 spiro atoms. The van der Waals surface area contributed by atoms with Gasteiger partial charge in [-0.25, -0.2) is 0 Å². The summed E-state index contributed by atoms with van der Waals surface area (Å²) in [6, 6.07) is 13.8. The molecule has 0 atom stereocenters. The Morgan fingerprint density at radius 1 is 1.13 bits per heavy atom. The molecule has 3 aromatic rings. The van der Waals surface area contributed by atoms with Gasteiger partial charge in [0.25, 0.3) is 11.2 Å². The minimum absolute atomic E-state index is 0.0365. The second-order valence-electron chi connectivity index (χ2n) is 5.37. The van der Waals surface area contributed by atoms with Crippen LogP contribution in [-0.4, -0.2) is 9.91 Å². The van der Waals surface area contributed by atoms with Crippen LogP contribution in [-0.2, 0) is 6.54 Å². The Labute approximate surface area is 131 Å². The number of rotatable bonds is 4. The average molecular weight is 309 g/mol. The van der Waals surface area contributed by atoms with Gasteiger partial charge >= 0.3 is 0 Å². The van der Waals surface area contributed by atoms with Crippen molar-refractivity contribution in [3.63, 3.8) is 0 Å². The highest BCUT2D eigenvalue weighted by Crippen LogP contribution is 2.17. The first-order valence-electron chi connectivity index (χ1n) is 7.14. The van der Waals surface area contributed by atoms with Crippen LogP contribution in [0.2, 0.25) is 0 Å². The highest BCUT2D eigenvalue weighted by atomic mass is 16.6. The molecule has 6 nitrogen and oxygen atoms in total. The van der Waals surface area contributed by atoms with Gasteiger partial charge in [-0.05, 0) is 42.1 Å². The standard InChI is InChI=1S/C17H15N3O3/c1-11-2-3-12-9-13(17(21)19-16(12)8-11)10-18-14-4-6-15(7-5-14)20(22)23/h2-9,18H,10H2,1H3,(H,19,21). The van der Waals surface area contributed by atoms with Crippen LogP contribution < -0.4 is 10.9 Å². The summed E-state index contributed by atoms with van der Waals surface area (Å²) in [5, 5.41) is 14.7. The number of pyridine rings is 1. The van der Waals surface area contributed by atoms with Gasteiger partial charge in [0, 0.05) is 35.4 Å². The fraction of sp³-hybridized carbons (Fsp3) is 0.118. The van der Waals surface area contributed by atoms with E-state index in [-0.39, 0.29) is 11.2 Å². The third-order valence-corrected chi connectivity index (χ3v) is 3.64. The Morgan fingerprint density at radius 3 is 2.57 bits per heavy atom. The monoisotopic (exact) mass is 309 g/mol. The molecule has 0 aliphatic carbocycles. The lowest BCUT2D eigenvalue weighted by Crippen LogP contribution is -2.15. The van der Waals surface area contributed by atoms with Crippen LogP contribution in [0.25, 0.3) is 10.9 Å². The van der Waals surface area contributed by atoms with Gasteiger partial charge in [-0.1, -0.05) is 12.1 Å². The molecule has 0 saturated heterocycles. The number of fused-ring (bicyclic) bond motifs is 1. The van der Waals surface area contributed by atoms with E-state index in [1.165, 1.54) is 12.1 Å². The molecule has 0 saturated carbocycles. The van der Waals surface area contributed by atoms with Crippen molar-refractivity contribution >= 4 is 22.3 Å². The summed E-state index contributed by atoms with van der Waals surface area (Å²) in [7, 11) is 0. The fourth-order valence-electron chi connectivity index (χ4n) is 2.39. The number of H-pyrrole nitrogens is 1. The van der Waals surface area contributed by atoms with E-state index >= 15 is 0 Å². The van der Waals surface area contributed by atoms with Crippen molar-refractivity contribution < 1.29 is 4.92 Å². The zero-order chi connectivity index (χ0) is 16.4. The molecule has 0 unspecified atom stereocenters. The van der Waals surface area contributed by atoms with E-state index in [2.05, 4.69) is 10.3 Å². The lowest BCUT2D eigenvalue weighted by Gasteiger charge is -2.07. The third-order valence-electron chi connectivity index (χ3n) is 3.64. The highest BCUT2D eigenvalue weighted by Gasteiger charge is 2.06. The van der Waals surface area contributed by atoms with E-state index in [0.29, 0.717) is 12.1 Å². The number of aryl methyl sites for hydroxylation is 1. The van der Waals surface area contributed by atoms with Crippen LogP contribution in [0, 0.1) is 17.0 Å². The molecule has 2 N–H and O–H groups in total. The van der Waals surface area contributed by atoms with Gasteiger partial charge in [0.2, 0.25) is 0 Å². The molecule has 116 valence electrons. The maximum atomic E-state index is 12.1. The molecule has 2 aromatic carbocycles. The first-order chi connectivity index (χ1) is 11.0. The lowest BCUT2D eigenvalue weighted by atomic mass is 10.1. The van der Waals surface area contributed by atoms with Crippen LogP contribution in [0.4, 0.5) is 11.4 Å². The zero-order valence-electron chi connectivity index (χ0n) is 12.5. The maximum Gasteiger partial charge on any atom is 0.269 e. The Bertz CT molecular complexity index is 930. The fourth-order valence-corrected chi connectivity index (χ4v) is 2.39. The summed E-state index contributed by atoms with van der Waals surface area (Å²) in [4.78, 5) is 25.2. The molecular formula is C17H15N3O3. The van der Waals surface area contributed by atoms with Gasteiger partial charge in [0.15, 0.2) is 0 Å². The van der Waals surface area contributed by atoms with Crippen LogP contribution in [0.3, 0.4) is 0 Å². The Balaban J connectivity index is 1.81. The quantitative estimate of drug-likeness (QED) is 0.571. The van der Waals surface area contributed by atoms with Gasteiger partial charge in [0.1, 0.15) is 0 Å². The van der Waals surface area contributed by atoms with Crippen molar-refractivity contribution in [2.75, 3.05) is 5.32 Å². The average Bonchev–Trinajstić information content (AvgIpc) is 2.53. The predicted octanol–water partition coefficient (Wildman–Crippen LogP) is 3.36. The summed E-state index contributed by atoms with van der Waals surface area (Å²) in [6.45, 7) is 2.32. The Kier molecular flexibility index (Phi) is 3.80. The molecular weight excluding hydrogens is 294 g/mol. The number of aromatic nitrogens is 1. The van der Waals surface area contributed by atoms with Gasteiger partial charge < -0.3 is 10.3 Å². The number of anilines is 1. The smallest absolute Gasteiger partial charge is 0.269 e. The second-order valence-corrected chi connectivity index (χ2v) is 5.37. The first-order valence-corrected chi connectivity index (χ1v) is 7.14. The van der Waals surface area contributed by atoms with Crippen LogP contribution >= 0.6 is 0 Å². The summed E-state index contributed by atoms with van der Waals surface area (Å²) in [5.74, 6) is 0. The predicted molar refractivity (Wildman–Crippen MR) is 89.7 cm³/mol. The number of benzene rings is 2. The van der Waals surface area contributed by atoms with Crippen LogP contribution in [0.15, 0.2) is 53.3 Å². The molecule has 0 aliphatic rings. The van der Waals surface area contributed by atoms with Crippen molar-refractivity contribution in [1.82, 2.24) is 4.98 Å². The number of nitro benzene ring substituents is 1. The van der Waals surface area contributed by atoms with E-state index in [9.17, 15) is 14.9 Å². The van der Waals surface area contributed by atoms with E-state index in [1.54, 1.807) is 12.1 Å². The summed E-state index contributed by atoms with van der Waals surface area (Å²) in [5.41, 5.74) is 3.13. The molecule has 0 fully saturated rings. The minimum Gasteiger partial charge on any atom is -0.381 e. The molecule has 1 heterocycles. The number of aromatic amines is 1. The van der Waals surface area contributed by atoms with Crippen molar-refractivity contribution in [2.24, 2.45) is 0 Å². The number of nitro groups is 1. The Morgan fingerprint density at radius 2 is 1.87 bits per heavy atom. The third kappa shape index (κ3) is 3.21. The maximum absolute atomic E-state index is 12.1. The number of non-ortho nitro benzene ring substituents is 1. The number of nitrogens with one attached hydrogen (secondary N) is 2. The highest BCUT2D eigenvalue weighted by molar-refractivity contribution is 5.79. The van der Waals surface area contributed by atoms with E-state index in [0.717, 1.165) is 22.2 Å². The van der Waals surface area contributed by atoms with E-state index < -0.39 is 4.92 Å². The molecule has 1 aromatic heterocycles. The lowest BCUT2D eigenvalue weighted by molar-refractivity contribution is -0.384. The van der Waals surface area contributed by atoms with Crippen molar-refractivity contribution in [2.45, 2.75) is 13.5 Å². The molecule has 0 amide bonds. The van der Waals surface area contributed by atoms with Crippen molar-refractivity contribution in [3.05, 3.63) is 80.1 Å².